The lowest BCUT2D eigenvalue weighted by molar-refractivity contribution is -0.135. The number of piperidine rings is 1. The molecule has 0 aromatic rings. The first-order valence-electron chi connectivity index (χ1n) is 7.44. The van der Waals surface area contributed by atoms with Crippen molar-refractivity contribution < 1.29 is 9.59 Å². The van der Waals surface area contributed by atoms with Crippen molar-refractivity contribution in [1.29, 1.82) is 0 Å². The van der Waals surface area contributed by atoms with E-state index in [0.29, 0.717) is 26.1 Å². The molecule has 1 fully saturated rings. The van der Waals surface area contributed by atoms with Gasteiger partial charge >= 0.3 is 0 Å². The van der Waals surface area contributed by atoms with Gasteiger partial charge in [-0.15, -0.1) is 12.4 Å². The molecular weight excluding hydrogens is 278 g/mol. The standard InChI is InChI=1S/C14H27N3O2.ClH/c1-2-6-13(18)17-10-5-7-12(11-17)14(19)16-9-4-3-8-15;/h12H,2-11,15H2,1H3,(H,16,19);1H. The van der Waals surface area contributed by atoms with Crippen molar-refractivity contribution in [3.05, 3.63) is 0 Å². The number of carbonyl (C=O) groups is 2. The molecule has 1 saturated heterocycles. The molecule has 1 unspecified atom stereocenters. The van der Waals surface area contributed by atoms with E-state index >= 15 is 0 Å². The summed E-state index contributed by atoms with van der Waals surface area (Å²) in [4.78, 5) is 25.7. The van der Waals surface area contributed by atoms with Crippen LogP contribution in [0, 0.1) is 5.92 Å². The zero-order valence-electron chi connectivity index (χ0n) is 12.4. The molecule has 1 aliphatic heterocycles. The minimum Gasteiger partial charge on any atom is -0.356 e. The highest BCUT2D eigenvalue weighted by Crippen LogP contribution is 2.17. The number of hydrogen-bond acceptors (Lipinski definition) is 3. The van der Waals surface area contributed by atoms with Gasteiger partial charge in [0.25, 0.3) is 0 Å². The van der Waals surface area contributed by atoms with Crippen molar-refractivity contribution >= 4 is 24.2 Å². The molecule has 0 spiro atoms. The maximum absolute atomic E-state index is 12.0. The molecule has 1 rings (SSSR count). The number of hydrogen-bond donors (Lipinski definition) is 2. The molecule has 1 atom stereocenters. The number of amides is 2. The summed E-state index contributed by atoms with van der Waals surface area (Å²) in [6.45, 7) is 4.74. The molecule has 0 aromatic heterocycles. The van der Waals surface area contributed by atoms with Gasteiger partial charge in [-0.05, 0) is 38.6 Å². The fourth-order valence-electron chi connectivity index (χ4n) is 2.41. The molecule has 20 heavy (non-hydrogen) atoms. The molecule has 3 N–H and O–H groups in total. The van der Waals surface area contributed by atoms with Crippen LogP contribution in [-0.2, 0) is 9.59 Å². The van der Waals surface area contributed by atoms with E-state index in [0.717, 1.165) is 38.6 Å². The van der Waals surface area contributed by atoms with E-state index in [1.165, 1.54) is 0 Å². The molecule has 0 saturated carbocycles. The predicted octanol–water partition coefficient (Wildman–Crippen LogP) is 1.30. The van der Waals surface area contributed by atoms with E-state index in [-0.39, 0.29) is 30.1 Å². The lowest BCUT2D eigenvalue weighted by atomic mass is 9.96. The summed E-state index contributed by atoms with van der Waals surface area (Å²) in [6.07, 6.45) is 5.13. The molecule has 5 nitrogen and oxygen atoms in total. The smallest absolute Gasteiger partial charge is 0.224 e. The zero-order valence-corrected chi connectivity index (χ0v) is 13.2. The van der Waals surface area contributed by atoms with E-state index < -0.39 is 0 Å². The molecule has 118 valence electrons. The first-order chi connectivity index (χ1) is 9.19. The SMILES string of the molecule is CCCC(=O)N1CCCC(C(=O)NCCCCN)C1.Cl. The quantitative estimate of drug-likeness (QED) is 0.696. The van der Waals surface area contributed by atoms with Crippen LogP contribution in [0.4, 0.5) is 0 Å². The lowest BCUT2D eigenvalue weighted by Crippen LogP contribution is -2.45. The van der Waals surface area contributed by atoms with E-state index in [4.69, 9.17) is 5.73 Å². The number of carbonyl (C=O) groups excluding carboxylic acids is 2. The minimum absolute atomic E-state index is 0. The summed E-state index contributed by atoms with van der Waals surface area (Å²) in [5.41, 5.74) is 5.41. The fraction of sp³-hybridized carbons (Fsp3) is 0.857. The van der Waals surface area contributed by atoms with Crippen LogP contribution in [0.3, 0.4) is 0 Å². The second-order valence-corrected chi connectivity index (χ2v) is 5.22. The van der Waals surface area contributed by atoms with Crippen molar-refractivity contribution in [2.24, 2.45) is 11.7 Å². The van der Waals surface area contributed by atoms with Crippen molar-refractivity contribution in [2.45, 2.75) is 45.4 Å². The predicted molar refractivity (Wildman–Crippen MR) is 82.8 cm³/mol. The Morgan fingerprint density at radius 1 is 1.35 bits per heavy atom. The Balaban J connectivity index is 0.00000361. The van der Waals surface area contributed by atoms with Crippen LogP contribution in [0.2, 0.25) is 0 Å². The monoisotopic (exact) mass is 305 g/mol. The second kappa shape index (κ2) is 10.9. The van der Waals surface area contributed by atoms with Gasteiger partial charge in [0.2, 0.25) is 11.8 Å². The van der Waals surface area contributed by atoms with Gasteiger partial charge in [-0.3, -0.25) is 9.59 Å². The van der Waals surface area contributed by atoms with Gasteiger partial charge in [0, 0.05) is 26.1 Å². The average Bonchev–Trinajstić information content (AvgIpc) is 2.44. The summed E-state index contributed by atoms with van der Waals surface area (Å²) < 4.78 is 0. The van der Waals surface area contributed by atoms with Crippen LogP contribution >= 0.6 is 12.4 Å². The van der Waals surface area contributed by atoms with Crippen molar-refractivity contribution in [2.75, 3.05) is 26.2 Å². The number of nitrogens with zero attached hydrogens (tertiary/aromatic N) is 1. The van der Waals surface area contributed by atoms with E-state index in [1.54, 1.807) is 0 Å². The van der Waals surface area contributed by atoms with Gasteiger partial charge in [-0.25, -0.2) is 0 Å². The average molecular weight is 306 g/mol. The van der Waals surface area contributed by atoms with Crippen molar-refractivity contribution in [3.63, 3.8) is 0 Å². The van der Waals surface area contributed by atoms with Crippen LogP contribution < -0.4 is 11.1 Å². The number of nitrogens with one attached hydrogen (secondary N) is 1. The largest absolute Gasteiger partial charge is 0.356 e. The molecule has 1 aliphatic rings. The summed E-state index contributed by atoms with van der Waals surface area (Å²) in [6, 6.07) is 0. The lowest BCUT2D eigenvalue weighted by Gasteiger charge is -2.32. The first-order valence-corrected chi connectivity index (χ1v) is 7.44. The molecule has 6 heteroatoms. The number of nitrogens with two attached hydrogens (primary N) is 1. The van der Waals surface area contributed by atoms with Gasteiger partial charge in [0.1, 0.15) is 0 Å². The highest BCUT2D eigenvalue weighted by atomic mass is 35.5. The molecular formula is C14H28ClN3O2. The molecule has 1 heterocycles. The van der Waals surface area contributed by atoms with E-state index in [1.807, 2.05) is 11.8 Å². The van der Waals surface area contributed by atoms with Crippen LogP contribution in [-0.4, -0.2) is 42.9 Å². The Kier molecular flexibility index (Phi) is 10.5. The van der Waals surface area contributed by atoms with Gasteiger partial charge in [0.05, 0.1) is 5.92 Å². The van der Waals surface area contributed by atoms with Crippen LogP contribution in [0.1, 0.15) is 45.4 Å². The van der Waals surface area contributed by atoms with Gasteiger partial charge in [-0.1, -0.05) is 6.92 Å². The maximum atomic E-state index is 12.0. The number of unbranched alkanes of at least 4 members (excludes halogenated alkanes) is 1. The molecule has 0 bridgehead atoms. The topological polar surface area (TPSA) is 75.4 Å². The maximum Gasteiger partial charge on any atom is 0.224 e. The fourth-order valence-corrected chi connectivity index (χ4v) is 2.41. The summed E-state index contributed by atoms with van der Waals surface area (Å²) in [5.74, 6) is 0.238. The Morgan fingerprint density at radius 3 is 2.75 bits per heavy atom. The van der Waals surface area contributed by atoms with Crippen LogP contribution in [0.25, 0.3) is 0 Å². The third kappa shape index (κ3) is 6.57. The summed E-state index contributed by atoms with van der Waals surface area (Å²) in [5, 5.41) is 2.95. The third-order valence-electron chi connectivity index (χ3n) is 3.54. The first kappa shape index (κ1) is 19.2. The number of likely N-dealkylation sites (tertiary alicyclic amines) is 1. The Labute approximate surface area is 128 Å². The van der Waals surface area contributed by atoms with E-state index in [2.05, 4.69) is 5.32 Å². The van der Waals surface area contributed by atoms with Gasteiger partial charge < -0.3 is 16.0 Å². The van der Waals surface area contributed by atoms with Crippen LogP contribution in [0.5, 0.6) is 0 Å². The Morgan fingerprint density at radius 2 is 2.10 bits per heavy atom. The highest BCUT2D eigenvalue weighted by molar-refractivity contribution is 5.85. The third-order valence-corrected chi connectivity index (χ3v) is 3.54. The Bertz CT molecular complexity index is 300. The minimum atomic E-state index is -0.0348. The Hall–Kier alpha value is -0.810. The highest BCUT2D eigenvalue weighted by Gasteiger charge is 2.27. The molecule has 0 aromatic carbocycles. The zero-order chi connectivity index (χ0) is 14.1. The van der Waals surface area contributed by atoms with Crippen LogP contribution in [0.15, 0.2) is 0 Å². The van der Waals surface area contributed by atoms with Gasteiger partial charge in [-0.2, -0.15) is 0 Å². The molecule has 0 radical (unpaired) electrons. The molecule has 2 amide bonds. The molecule has 0 aliphatic carbocycles. The van der Waals surface area contributed by atoms with Crippen molar-refractivity contribution in [3.8, 4) is 0 Å². The number of halogens is 1. The van der Waals surface area contributed by atoms with Gasteiger partial charge in [0.15, 0.2) is 0 Å². The van der Waals surface area contributed by atoms with Crippen molar-refractivity contribution in [1.82, 2.24) is 10.2 Å². The van der Waals surface area contributed by atoms with E-state index in [9.17, 15) is 9.59 Å². The summed E-state index contributed by atoms with van der Waals surface area (Å²) in [7, 11) is 0. The summed E-state index contributed by atoms with van der Waals surface area (Å²) >= 11 is 0. The number of rotatable bonds is 7. The second-order valence-electron chi connectivity index (χ2n) is 5.22. The normalized spacial score (nSPS) is 18.3.